The molecule has 6 heteroatoms. The van der Waals surface area contributed by atoms with Gasteiger partial charge in [-0.05, 0) is 43.3 Å². The van der Waals surface area contributed by atoms with Gasteiger partial charge in [-0.1, -0.05) is 12.1 Å². The predicted octanol–water partition coefficient (Wildman–Crippen LogP) is 2.53. The Hall–Kier alpha value is -3.02. The molecule has 0 saturated heterocycles. The van der Waals surface area contributed by atoms with Crippen molar-refractivity contribution in [2.24, 2.45) is 0 Å². The van der Waals surface area contributed by atoms with E-state index in [1.807, 2.05) is 18.2 Å². The molecule has 3 rings (SSSR count). The number of benzene rings is 2. The zero-order valence-electron chi connectivity index (χ0n) is 13.2. The summed E-state index contributed by atoms with van der Waals surface area (Å²) in [6.07, 6.45) is -0.409. The molecule has 124 valence electrons. The number of carbonyl (C=O) groups is 2. The van der Waals surface area contributed by atoms with Crippen molar-refractivity contribution >= 4 is 23.2 Å². The Morgan fingerprint density at radius 1 is 1.21 bits per heavy atom. The third-order valence-electron chi connectivity index (χ3n) is 3.79. The smallest absolute Gasteiger partial charge is 0.267 e. The van der Waals surface area contributed by atoms with Crippen molar-refractivity contribution in [2.45, 2.75) is 19.4 Å². The summed E-state index contributed by atoms with van der Waals surface area (Å²) >= 11 is 0. The van der Waals surface area contributed by atoms with E-state index in [1.165, 1.54) is 12.1 Å². The van der Waals surface area contributed by atoms with Crippen LogP contribution in [0.5, 0.6) is 11.5 Å². The minimum Gasteiger partial charge on any atom is -0.508 e. The van der Waals surface area contributed by atoms with Crippen LogP contribution >= 0.6 is 0 Å². The molecule has 0 saturated carbocycles. The molecule has 1 aliphatic heterocycles. The number of hydrogen-bond acceptors (Lipinski definition) is 4. The molecular weight excluding hydrogens is 308 g/mol. The molecule has 1 atom stereocenters. The van der Waals surface area contributed by atoms with Gasteiger partial charge in [0.05, 0.1) is 5.69 Å². The average molecular weight is 326 g/mol. The van der Waals surface area contributed by atoms with Gasteiger partial charge < -0.3 is 20.1 Å². The number of rotatable bonds is 4. The third kappa shape index (κ3) is 3.32. The predicted molar refractivity (Wildman–Crippen MR) is 90.2 cm³/mol. The zero-order chi connectivity index (χ0) is 17.1. The summed E-state index contributed by atoms with van der Waals surface area (Å²) in [6, 6.07) is 13.5. The minimum atomic E-state index is -0.569. The molecule has 0 spiro atoms. The molecule has 24 heavy (non-hydrogen) atoms. The lowest BCUT2D eigenvalue weighted by Gasteiger charge is -2.32. The monoisotopic (exact) mass is 326 g/mol. The highest BCUT2D eigenvalue weighted by Crippen LogP contribution is 2.33. The van der Waals surface area contributed by atoms with Gasteiger partial charge in [0.25, 0.3) is 5.91 Å². The van der Waals surface area contributed by atoms with E-state index in [0.717, 1.165) is 0 Å². The Labute approximate surface area is 139 Å². The van der Waals surface area contributed by atoms with Gasteiger partial charge in [-0.3, -0.25) is 9.59 Å². The Bertz CT molecular complexity index is 758. The fourth-order valence-corrected chi connectivity index (χ4v) is 2.57. The fourth-order valence-electron chi connectivity index (χ4n) is 2.57. The number of nitrogens with one attached hydrogen (secondary N) is 1. The number of fused-ring (bicyclic) bond motifs is 1. The molecule has 0 fully saturated rings. The van der Waals surface area contributed by atoms with Crippen LogP contribution in [0.1, 0.15) is 13.3 Å². The molecule has 2 aromatic carbocycles. The second kappa shape index (κ2) is 6.62. The van der Waals surface area contributed by atoms with Gasteiger partial charge in [-0.25, -0.2) is 0 Å². The summed E-state index contributed by atoms with van der Waals surface area (Å²) < 4.78 is 5.57. The first-order valence-corrected chi connectivity index (χ1v) is 7.70. The number of amides is 2. The highest BCUT2D eigenvalue weighted by atomic mass is 16.5. The summed E-state index contributed by atoms with van der Waals surface area (Å²) in [7, 11) is 0. The van der Waals surface area contributed by atoms with E-state index in [4.69, 9.17) is 4.74 Å². The van der Waals surface area contributed by atoms with E-state index >= 15 is 0 Å². The lowest BCUT2D eigenvalue weighted by atomic mass is 10.1. The van der Waals surface area contributed by atoms with E-state index in [1.54, 1.807) is 30.0 Å². The van der Waals surface area contributed by atoms with Crippen LogP contribution in [-0.4, -0.2) is 29.6 Å². The van der Waals surface area contributed by atoms with Gasteiger partial charge in [0.1, 0.15) is 11.5 Å². The summed E-state index contributed by atoms with van der Waals surface area (Å²) in [5, 5.41) is 12.0. The number of hydrogen-bond donors (Lipinski definition) is 2. The van der Waals surface area contributed by atoms with Gasteiger partial charge in [0.2, 0.25) is 5.91 Å². The van der Waals surface area contributed by atoms with Crippen molar-refractivity contribution in [1.82, 2.24) is 0 Å². The van der Waals surface area contributed by atoms with Crippen LogP contribution < -0.4 is 15.0 Å². The van der Waals surface area contributed by atoms with Crippen LogP contribution in [0.3, 0.4) is 0 Å². The maximum absolute atomic E-state index is 12.3. The lowest BCUT2D eigenvalue weighted by Crippen LogP contribution is -2.45. The van der Waals surface area contributed by atoms with E-state index in [0.29, 0.717) is 17.1 Å². The van der Waals surface area contributed by atoms with Crippen LogP contribution in [0.15, 0.2) is 48.5 Å². The number of ether oxygens (including phenoxy) is 1. The summed E-state index contributed by atoms with van der Waals surface area (Å²) in [4.78, 5) is 26.0. The van der Waals surface area contributed by atoms with E-state index in [9.17, 15) is 14.7 Å². The standard InChI is InChI=1S/C18H18N2O4/c1-12-18(23)20(15-4-2-3-5-16(15)24-12)11-10-17(22)19-13-6-8-14(21)9-7-13/h2-9,12,21H,10-11H2,1H3,(H,19,22)/t12-/m0/s1. The number of anilines is 2. The van der Waals surface area contributed by atoms with E-state index < -0.39 is 6.10 Å². The van der Waals surface area contributed by atoms with Crippen molar-refractivity contribution in [2.75, 3.05) is 16.8 Å². The second-order valence-corrected chi connectivity index (χ2v) is 5.56. The van der Waals surface area contributed by atoms with Crippen molar-refractivity contribution in [3.8, 4) is 11.5 Å². The molecule has 0 unspecified atom stereocenters. The van der Waals surface area contributed by atoms with Crippen molar-refractivity contribution in [1.29, 1.82) is 0 Å². The van der Waals surface area contributed by atoms with E-state index in [2.05, 4.69) is 5.32 Å². The molecule has 1 heterocycles. The summed E-state index contributed by atoms with van der Waals surface area (Å²) in [5.41, 5.74) is 1.28. The summed E-state index contributed by atoms with van der Waals surface area (Å²) in [5.74, 6) is 0.414. The molecule has 2 amide bonds. The maximum atomic E-state index is 12.3. The van der Waals surface area contributed by atoms with Crippen molar-refractivity contribution in [3.63, 3.8) is 0 Å². The Kier molecular flexibility index (Phi) is 4.37. The average Bonchev–Trinajstić information content (AvgIpc) is 2.57. The fraction of sp³-hybridized carbons (Fsp3) is 0.222. The Morgan fingerprint density at radius 2 is 1.92 bits per heavy atom. The quantitative estimate of drug-likeness (QED) is 0.846. The van der Waals surface area contributed by atoms with E-state index in [-0.39, 0.29) is 30.5 Å². The third-order valence-corrected chi connectivity index (χ3v) is 3.79. The molecule has 0 bridgehead atoms. The molecule has 6 nitrogen and oxygen atoms in total. The normalized spacial score (nSPS) is 16.3. The SMILES string of the molecule is C[C@@H]1Oc2ccccc2N(CCC(=O)Nc2ccc(O)cc2)C1=O. The van der Waals surface area contributed by atoms with Crippen LogP contribution in [0.4, 0.5) is 11.4 Å². The lowest BCUT2D eigenvalue weighted by molar-refractivity contribution is -0.125. The largest absolute Gasteiger partial charge is 0.508 e. The molecule has 0 aliphatic carbocycles. The van der Waals surface area contributed by atoms with Gasteiger partial charge in [0.15, 0.2) is 6.10 Å². The van der Waals surface area contributed by atoms with Gasteiger partial charge >= 0.3 is 0 Å². The van der Waals surface area contributed by atoms with Gasteiger partial charge in [-0.2, -0.15) is 0 Å². The van der Waals surface area contributed by atoms with Crippen LogP contribution in [0.25, 0.3) is 0 Å². The molecule has 0 aromatic heterocycles. The molecule has 2 N–H and O–H groups in total. The molecule has 2 aromatic rings. The number of carbonyl (C=O) groups excluding carboxylic acids is 2. The Morgan fingerprint density at radius 3 is 2.67 bits per heavy atom. The topological polar surface area (TPSA) is 78.9 Å². The maximum Gasteiger partial charge on any atom is 0.267 e. The van der Waals surface area contributed by atoms with Gasteiger partial charge in [-0.15, -0.1) is 0 Å². The first-order valence-electron chi connectivity index (χ1n) is 7.70. The second-order valence-electron chi connectivity index (χ2n) is 5.56. The number of phenols is 1. The zero-order valence-corrected chi connectivity index (χ0v) is 13.2. The van der Waals surface area contributed by atoms with Crippen LogP contribution in [0, 0.1) is 0 Å². The van der Waals surface area contributed by atoms with Crippen LogP contribution in [-0.2, 0) is 9.59 Å². The summed E-state index contributed by atoms with van der Waals surface area (Å²) in [6.45, 7) is 1.97. The number of nitrogens with zero attached hydrogens (tertiary/aromatic N) is 1. The van der Waals surface area contributed by atoms with Crippen LogP contribution in [0.2, 0.25) is 0 Å². The van der Waals surface area contributed by atoms with Crippen molar-refractivity contribution < 1.29 is 19.4 Å². The highest BCUT2D eigenvalue weighted by Gasteiger charge is 2.31. The number of para-hydroxylation sites is 2. The minimum absolute atomic E-state index is 0.137. The molecule has 0 radical (unpaired) electrons. The number of phenolic OH excluding ortho intramolecular Hbond substituents is 1. The number of aromatic hydroxyl groups is 1. The van der Waals surface area contributed by atoms with Gasteiger partial charge in [0, 0.05) is 18.7 Å². The first kappa shape index (κ1) is 15.9. The van der Waals surface area contributed by atoms with Crippen molar-refractivity contribution in [3.05, 3.63) is 48.5 Å². The molecule has 1 aliphatic rings. The highest BCUT2D eigenvalue weighted by molar-refractivity contribution is 6.00. The first-order chi connectivity index (χ1) is 11.5. The molecular formula is C18H18N2O4. The Balaban J connectivity index is 1.66.